The van der Waals surface area contributed by atoms with Gasteiger partial charge in [0.1, 0.15) is 5.76 Å². The van der Waals surface area contributed by atoms with Crippen molar-refractivity contribution in [2.75, 3.05) is 6.54 Å². The molecule has 0 atom stereocenters. The van der Waals surface area contributed by atoms with E-state index < -0.39 is 0 Å². The van der Waals surface area contributed by atoms with Gasteiger partial charge in [-0.05, 0) is 32.4 Å². The van der Waals surface area contributed by atoms with Gasteiger partial charge < -0.3 is 10.2 Å². The highest BCUT2D eigenvalue weighted by molar-refractivity contribution is 7.99. The third-order valence-corrected chi connectivity index (χ3v) is 3.41. The zero-order valence-electron chi connectivity index (χ0n) is 8.46. The van der Waals surface area contributed by atoms with E-state index in [2.05, 4.69) is 20.8 Å². The van der Waals surface area contributed by atoms with E-state index in [-0.39, 0.29) is 4.75 Å². The molecule has 0 saturated heterocycles. The Morgan fingerprint density at radius 1 is 1.54 bits per heavy atom. The molecule has 74 valence electrons. The van der Waals surface area contributed by atoms with E-state index in [1.54, 1.807) is 6.26 Å². The van der Waals surface area contributed by atoms with Gasteiger partial charge in [0.2, 0.25) is 0 Å². The van der Waals surface area contributed by atoms with Gasteiger partial charge in [0, 0.05) is 11.3 Å². The molecular formula is C10H17NOS. The first-order valence-electron chi connectivity index (χ1n) is 4.42. The molecular weight excluding hydrogens is 182 g/mol. The minimum atomic E-state index is 0.138. The van der Waals surface area contributed by atoms with E-state index in [0.29, 0.717) is 6.54 Å². The molecule has 0 bridgehead atoms. The Labute approximate surface area is 83.9 Å². The summed E-state index contributed by atoms with van der Waals surface area (Å²) in [5, 5.41) is 0. The quantitative estimate of drug-likeness (QED) is 0.810. The lowest BCUT2D eigenvalue weighted by molar-refractivity contribution is 0.527. The molecule has 1 heterocycles. The molecule has 0 fully saturated rings. The van der Waals surface area contributed by atoms with E-state index in [1.807, 2.05) is 17.8 Å². The van der Waals surface area contributed by atoms with E-state index in [1.165, 1.54) is 5.56 Å². The Balaban J connectivity index is 2.48. The summed E-state index contributed by atoms with van der Waals surface area (Å²) in [6.45, 7) is 7.05. The minimum absolute atomic E-state index is 0.138. The van der Waals surface area contributed by atoms with Crippen molar-refractivity contribution in [2.24, 2.45) is 5.73 Å². The van der Waals surface area contributed by atoms with Crippen LogP contribution >= 0.6 is 11.8 Å². The maximum absolute atomic E-state index is 5.63. The van der Waals surface area contributed by atoms with Crippen LogP contribution in [0.1, 0.15) is 25.2 Å². The zero-order valence-corrected chi connectivity index (χ0v) is 9.28. The average Bonchev–Trinajstić information content (AvgIpc) is 2.48. The molecule has 1 aromatic heterocycles. The first kappa shape index (κ1) is 10.7. The van der Waals surface area contributed by atoms with Crippen LogP contribution in [0.2, 0.25) is 0 Å². The number of nitrogens with two attached hydrogens (primary N) is 1. The molecule has 0 spiro atoms. The van der Waals surface area contributed by atoms with E-state index in [4.69, 9.17) is 10.2 Å². The van der Waals surface area contributed by atoms with Crippen LogP contribution in [-0.4, -0.2) is 11.3 Å². The Bertz CT molecular complexity index is 268. The van der Waals surface area contributed by atoms with Gasteiger partial charge in [0.15, 0.2) is 0 Å². The second-order valence-corrected chi connectivity index (χ2v) is 5.46. The predicted molar refractivity (Wildman–Crippen MR) is 57.9 cm³/mol. The van der Waals surface area contributed by atoms with Crippen molar-refractivity contribution in [1.29, 1.82) is 0 Å². The van der Waals surface area contributed by atoms with Gasteiger partial charge in [-0.3, -0.25) is 0 Å². The van der Waals surface area contributed by atoms with Gasteiger partial charge in [-0.25, -0.2) is 0 Å². The monoisotopic (exact) mass is 199 g/mol. The highest BCUT2D eigenvalue weighted by atomic mass is 32.2. The van der Waals surface area contributed by atoms with Crippen molar-refractivity contribution in [3.05, 3.63) is 23.7 Å². The van der Waals surface area contributed by atoms with Crippen LogP contribution in [0.5, 0.6) is 0 Å². The standard InChI is InChI=1S/C10H17NOS/c1-8-4-5-12-9(8)6-13-10(2,3)7-11/h4-5H,6-7,11H2,1-3H3. The molecule has 0 unspecified atom stereocenters. The fraction of sp³-hybridized carbons (Fsp3) is 0.600. The molecule has 0 amide bonds. The first-order chi connectivity index (χ1) is 6.05. The zero-order chi connectivity index (χ0) is 9.90. The summed E-state index contributed by atoms with van der Waals surface area (Å²) < 4.78 is 5.48. The second kappa shape index (κ2) is 4.20. The number of hydrogen-bond donors (Lipinski definition) is 1. The van der Waals surface area contributed by atoms with Crippen LogP contribution in [0.15, 0.2) is 16.7 Å². The fourth-order valence-corrected chi connectivity index (χ4v) is 1.81. The Morgan fingerprint density at radius 3 is 2.69 bits per heavy atom. The van der Waals surface area contributed by atoms with Crippen LogP contribution in [0.4, 0.5) is 0 Å². The normalized spacial score (nSPS) is 12.0. The Kier molecular flexibility index (Phi) is 3.45. The summed E-state index contributed by atoms with van der Waals surface area (Å²) in [6, 6.07) is 1.99. The van der Waals surface area contributed by atoms with E-state index >= 15 is 0 Å². The number of aryl methyl sites for hydroxylation is 1. The summed E-state index contributed by atoms with van der Waals surface area (Å²) in [6.07, 6.45) is 1.74. The third-order valence-electron chi connectivity index (χ3n) is 2.05. The summed E-state index contributed by atoms with van der Waals surface area (Å²) in [5.74, 6) is 1.97. The largest absolute Gasteiger partial charge is 0.468 e. The molecule has 2 nitrogen and oxygen atoms in total. The van der Waals surface area contributed by atoms with Crippen LogP contribution in [0.25, 0.3) is 0 Å². The van der Waals surface area contributed by atoms with E-state index in [0.717, 1.165) is 11.5 Å². The number of thioether (sulfide) groups is 1. The van der Waals surface area contributed by atoms with Crippen LogP contribution in [0, 0.1) is 6.92 Å². The smallest absolute Gasteiger partial charge is 0.116 e. The summed E-state index contributed by atoms with van der Waals surface area (Å²) in [7, 11) is 0. The molecule has 13 heavy (non-hydrogen) atoms. The highest BCUT2D eigenvalue weighted by Crippen LogP contribution is 2.28. The lowest BCUT2D eigenvalue weighted by Gasteiger charge is -2.20. The molecule has 0 aliphatic heterocycles. The Morgan fingerprint density at radius 2 is 2.23 bits per heavy atom. The van der Waals surface area contributed by atoms with Gasteiger partial charge in [-0.2, -0.15) is 0 Å². The van der Waals surface area contributed by atoms with Crippen molar-refractivity contribution in [3.63, 3.8) is 0 Å². The van der Waals surface area contributed by atoms with Crippen LogP contribution in [-0.2, 0) is 5.75 Å². The lowest BCUT2D eigenvalue weighted by Crippen LogP contribution is -2.26. The maximum Gasteiger partial charge on any atom is 0.116 e. The molecule has 1 rings (SSSR count). The second-order valence-electron chi connectivity index (χ2n) is 3.78. The van der Waals surface area contributed by atoms with Crippen LogP contribution in [0.3, 0.4) is 0 Å². The van der Waals surface area contributed by atoms with Gasteiger partial charge in [0.05, 0.1) is 12.0 Å². The topological polar surface area (TPSA) is 39.2 Å². The Hall–Kier alpha value is -0.410. The number of rotatable bonds is 4. The molecule has 1 aromatic rings. The van der Waals surface area contributed by atoms with Gasteiger partial charge in [0.25, 0.3) is 0 Å². The molecule has 0 saturated carbocycles. The molecule has 3 heteroatoms. The molecule has 0 aromatic carbocycles. The number of furan rings is 1. The lowest BCUT2D eigenvalue weighted by atomic mass is 10.2. The van der Waals surface area contributed by atoms with Gasteiger partial charge >= 0.3 is 0 Å². The molecule has 0 aliphatic carbocycles. The SMILES string of the molecule is Cc1ccoc1CSC(C)(C)CN. The van der Waals surface area contributed by atoms with Crippen molar-refractivity contribution < 1.29 is 4.42 Å². The molecule has 2 N–H and O–H groups in total. The predicted octanol–water partition coefficient (Wildman–Crippen LogP) is 2.56. The van der Waals surface area contributed by atoms with Crippen LogP contribution < -0.4 is 5.73 Å². The fourth-order valence-electron chi connectivity index (χ4n) is 0.872. The first-order valence-corrected chi connectivity index (χ1v) is 5.41. The average molecular weight is 199 g/mol. The molecule has 0 radical (unpaired) electrons. The third kappa shape index (κ3) is 3.08. The highest BCUT2D eigenvalue weighted by Gasteiger charge is 2.17. The minimum Gasteiger partial charge on any atom is -0.468 e. The summed E-state index contributed by atoms with van der Waals surface area (Å²) >= 11 is 1.83. The van der Waals surface area contributed by atoms with Crippen molar-refractivity contribution in [3.8, 4) is 0 Å². The van der Waals surface area contributed by atoms with Crippen molar-refractivity contribution >= 4 is 11.8 Å². The van der Waals surface area contributed by atoms with Gasteiger partial charge in [-0.1, -0.05) is 0 Å². The molecule has 0 aliphatic rings. The van der Waals surface area contributed by atoms with E-state index in [9.17, 15) is 0 Å². The van der Waals surface area contributed by atoms with Crippen molar-refractivity contribution in [2.45, 2.75) is 31.3 Å². The van der Waals surface area contributed by atoms with Crippen molar-refractivity contribution in [1.82, 2.24) is 0 Å². The number of hydrogen-bond acceptors (Lipinski definition) is 3. The summed E-state index contributed by atoms with van der Waals surface area (Å²) in [4.78, 5) is 0. The maximum atomic E-state index is 5.63. The summed E-state index contributed by atoms with van der Waals surface area (Å²) in [5.41, 5.74) is 6.85. The van der Waals surface area contributed by atoms with Gasteiger partial charge in [-0.15, -0.1) is 11.8 Å².